The Morgan fingerprint density at radius 2 is 2.20 bits per heavy atom. The summed E-state index contributed by atoms with van der Waals surface area (Å²) in [7, 11) is 0. The molecule has 2 rings (SSSR count). The molecule has 0 fully saturated rings. The molecule has 0 bridgehead atoms. The van der Waals surface area contributed by atoms with Crippen LogP contribution in [0, 0.1) is 0 Å². The van der Waals surface area contributed by atoms with Gasteiger partial charge in [0.2, 0.25) is 5.78 Å². The normalized spacial score (nSPS) is 12.9. The van der Waals surface area contributed by atoms with E-state index < -0.39 is 12.0 Å². The first-order valence-electron chi connectivity index (χ1n) is 4.06. The Hall–Kier alpha value is -1.47. The van der Waals surface area contributed by atoms with Gasteiger partial charge in [-0.2, -0.15) is 0 Å². The van der Waals surface area contributed by atoms with Crippen LogP contribution in [0.4, 0.5) is 0 Å². The predicted molar refractivity (Wildman–Crippen MR) is 55.3 cm³/mol. The van der Waals surface area contributed by atoms with Gasteiger partial charge in [0.05, 0.1) is 16.4 Å². The molecule has 3 N–H and O–H groups in total. The number of hydrogen-bond acceptors (Lipinski definition) is 4. The molecule has 0 spiro atoms. The minimum absolute atomic E-state index is 0.395. The van der Waals surface area contributed by atoms with Crippen molar-refractivity contribution in [2.75, 3.05) is 0 Å². The molecule has 2 aromatic heterocycles. The van der Waals surface area contributed by atoms with E-state index in [1.807, 2.05) is 0 Å². The molecule has 0 aliphatic carbocycles. The van der Waals surface area contributed by atoms with Gasteiger partial charge < -0.3 is 10.8 Å². The molecule has 2 aromatic rings. The summed E-state index contributed by atoms with van der Waals surface area (Å²) in [4.78, 5) is 18.7. The minimum atomic E-state index is -1.10. The molecular weight excluding hydrogens is 264 g/mol. The van der Waals surface area contributed by atoms with E-state index in [9.17, 15) is 4.79 Å². The van der Waals surface area contributed by atoms with E-state index in [4.69, 9.17) is 10.8 Å². The fraction of sp³-hybridized carbons (Fsp3) is 0.125. The summed E-state index contributed by atoms with van der Waals surface area (Å²) in [5.74, 6) is -0.679. The number of imidazole rings is 1. The van der Waals surface area contributed by atoms with Gasteiger partial charge in [0.25, 0.3) is 0 Å². The Bertz CT molecular complexity index is 524. The fourth-order valence-electron chi connectivity index (χ4n) is 1.22. The standard InChI is InChI=1S/C8H7BrN4O2/c9-4-1-11-8-12-2-5(13(8)3-4)6(10)7(14)15/h1-3,6H,10H2,(H,14,15). The van der Waals surface area contributed by atoms with Crippen molar-refractivity contribution in [3.63, 3.8) is 0 Å². The Labute approximate surface area is 92.9 Å². The zero-order valence-corrected chi connectivity index (χ0v) is 9.05. The number of nitrogens with two attached hydrogens (primary N) is 1. The second kappa shape index (κ2) is 3.59. The average molecular weight is 271 g/mol. The number of carbonyl (C=O) groups is 1. The van der Waals surface area contributed by atoms with Gasteiger partial charge in [0, 0.05) is 12.4 Å². The minimum Gasteiger partial charge on any atom is -0.480 e. The molecule has 0 amide bonds. The van der Waals surface area contributed by atoms with Gasteiger partial charge in [0.1, 0.15) is 6.04 Å². The molecule has 0 radical (unpaired) electrons. The quantitative estimate of drug-likeness (QED) is 0.833. The maximum absolute atomic E-state index is 10.7. The molecule has 0 aliphatic rings. The Kier molecular flexibility index (Phi) is 2.41. The third-order valence-electron chi connectivity index (χ3n) is 1.95. The first-order valence-corrected chi connectivity index (χ1v) is 4.86. The van der Waals surface area contributed by atoms with E-state index in [1.54, 1.807) is 16.8 Å². The van der Waals surface area contributed by atoms with Crippen LogP contribution in [0.3, 0.4) is 0 Å². The van der Waals surface area contributed by atoms with Crippen LogP contribution >= 0.6 is 15.9 Å². The number of halogens is 1. The van der Waals surface area contributed by atoms with E-state index in [0.717, 1.165) is 4.47 Å². The van der Waals surface area contributed by atoms with E-state index in [0.29, 0.717) is 11.5 Å². The molecule has 7 heteroatoms. The lowest BCUT2D eigenvalue weighted by Gasteiger charge is -2.05. The van der Waals surface area contributed by atoms with E-state index in [1.165, 1.54) is 6.20 Å². The zero-order valence-electron chi connectivity index (χ0n) is 7.46. The molecule has 6 nitrogen and oxygen atoms in total. The topological polar surface area (TPSA) is 93.5 Å². The molecule has 0 aromatic carbocycles. The van der Waals surface area contributed by atoms with Crippen LogP contribution in [0.15, 0.2) is 23.1 Å². The summed E-state index contributed by atoms with van der Waals surface area (Å²) in [5, 5.41) is 8.78. The van der Waals surface area contributed by atoms with Crippen LogP contribution in [0.5, 0.6) is 0 Å². The van der Waals surface area contributed by atoms with Gasteiger partial charge in [0.15, 0.2) is 0 Å². The second-order valence-electron chi connectivity index (χ2n) is 2.94. The molecule has 1 atom stereocenters. The first kappa shape index (κ1) is 10.1. The van der Waals surface area contributed by atoms with Crippen molar-refractivity contribution in [2.45, 2.75) is 6.04 Å². The van der Waals surface area contributed by atoms with Crippen LogP contribution < -0.4 is 5.73 Å². The summed E-state index contributed by atoms with van der Waals surface area (Å²) in [5.41, 5.74) is 5.89. The van der Waals surface area contributed by atoms with E-state index >= 15 is 0 Å². The summed E-state index contributed by atoms with van der Waals surface area (Å²) < 4.78 is 2.27. The molecule has 78 valence electrons. The largest absolute Gasteiger partial charge is 0.480 e. The maximum atomic E-state index is 10.7. The van der Waals surface area contributed by atoms with Gasteiger partial charge in [-0.3, -0.25) is 9.20 Å². The van der Waals surface area contributed by atoms with Gasteiger partial charge in [-0.25, -0.2) is 9.97 Å². The highest BCUT2D eigenvalue weighted by Gasteiger charge is 2.18. The lowest BCUT2D eigenvalue weighted by molar-refractivity contribution is -0.138. The van der Waals surface area contributed by atoms with Crippen molar-refractivity contribution in [1.29, 1.82) is 0 Å². The Morgan fingerprint density at radius 1 is 1.53 bits per heavy atom. The Morgan fingerprint density at radius 3 is 2.87 bits per heavy atom. The van der Waals surface area contributed by atoms with Crippen LogP contribution in [0.2, 0.25) is 0 Å². The molecule has 1 unspecified atom stereocenters. The van der Waals surface area contributed by atoms with Gasteiger partial charge in [-0.1, -0.05) is 0 Å². The smallest absolute Gasteiger partial charge is 0.326 e. The number of hydrogen-bond donors (Lipinski definition) is 2. The van der Waals surface area contributed by atoms with Crippen LogP contribution in [-0.4, -0.2) is 25.4 Å². The number of aliphatic carboxylic acids is 1. The molecule has 0 saturated heterocycles. The lowest BCUT2D eigenvalue weighted by Crippen LogP contribution is -2.22. The van der Waals surface area contributed by atoms with Crippen molar-refractivity contribution in [3.05, 3.63) is 28.8 Å². The number of carboxylic acids is 1. The van der Waals surface area contributed by atoms with Gasteiger partial charge in [-0.05, 0) is 15.9 Å². The predicted octanol–water partition coefficient (Wildman–Crippen LogP) is 0.576. The van der Waals surface area contributed by atoms with Crippen molar-refractivity contribution >= 4 is 27.7 Å². The summed E-state index contributed by atoms with van der Waals surface area (Å²) in [6.45, 7) is 0. The Balaban J connectivity index is 2.61. The molecule has 15 heavy (non-hydrogen) atoms. The number of aromatic nitrogens is 3. The monoisotopic (exact) mass is 270 g/mol. The third-order valence-corrected chi connectivity index (χ3v) is 2.36. The number of rotatable bonds is 2. The first-order chi connectivity index (χ1) is 7.09. The number of nitrogens with zero attached hydrogens (tertiary/aromatic N) is 3. The third kappa shape index (κ3) is 1.71. The molecular formula is C8H7BrN4O2. The van der Waals surface area contributed by atoms with E-state index in [-0.39, 0.29) is 0 Å². The number of fused-ring (bicyclic) bond motifs is 1. The highest BCUT2D eigenvalue weighted by Crippen LogP contribution is 2.15. The summed E-state index contributed by atoms with van der Waals surface area (Å²) >= 11 is 3.24. The van der Waals surface area contributed by atoms with Crippen molar-refractivity contribution < 1.29 is 9.90 Å². The fourth-order valence-corrected chi connectivity index (χ4v) is 1.53. The highest BCUT2D eigenvalue weighted by atomic mass is 79.9. The van der Waals surface area contributed by atoms with Gasteiger partial charge in [-0.15, -0.1) is 0 Å². The van der Waals surface area contributed by atoms with Gasteiger partial charge >= 0.3 is 5.97 Å². The summed E-state index contributed by atoms with van der Waals surface area (Å²) in [6.07, 6.45) is 4.67. The van der Waals surface area contributed by atoms with Crippen LogP contribution in [0.25, 0.3) is 5.78 Å². The highest BCUT2D eigenvalue weighted by molar-refractivity contribution is 9.10. The second-order valence-corrected chi connectivity index (χ2v) is 3.86. The molecule has 0 aliphatic heterocycles. The zero-order chi connectivity index (χ0) is 11.0. The molecule has 2 heterocycles. The van der Waals surface area contributed by atoms with Crippen LogP contribution in [-0.2, 0) is 4.79 Å². The lowest BCUT2D eigenvalue weighted by atomic mass is 10.2. The maximum Gasteiger partial charge on any atom is 0.326 e. The number of carboxylic acid groups (broad SMARTS) is 1. The molecule has 0 saturated carbocycles. The van der Waals surface area contributed by atoms with Crippen molar-refractivity contribution in [3.8, 4) is 0 Å². The average Bonchev–Trinajstić information content (AvgIpc) is 2.59. The van der Waals surface area contributed by atoms with Crippen molar-refractivity contribution in [1.82, 2.24) is 14.4 Å². The van der Waals surface area contributed by atoms with E-state index in [2.05, 4.69) is 25.9 Å². The summed E-state index contributed by atoms with van der Waals surface area (Å²) in [6, 6.07) is -1.10. The SMILES string of the molecule is NC(C(=O)O)c1cnc2ncc(Br)cn12. The van der Waals surface area contributed by atoms with Crippen LogP contribution in [0.1, 0.15) is 11.7 Å². The van der Waals surface area contributed by atoms with Crippen molar-refractivity contribution in [2.24, 2.45) is 5.73 Å².